The SMILES string of the molecule is CCc1cnc(N2CCC(CCCOc3cc(F)c(C(=O)NCCC(N)=O)c(F)c3)CC2)nc1. The summed E-state index contributed by atoms with van der Waals surface area (Å²) in [4.78, 5) is 33.8. The molecule has 2 heterocycles. The number of halogens is 2. The molecule has 1 aliphatic rings. The number of amides is 2. The molecular formula is C24H31F2N5O3. The Morgan fingerprint density at radius 3 is 2.41 bits per heavy atom. The Hall–Kier alpha value is -3.30. The number of benzene rings is 1. The fraction of sp³-hybridized carbons (Fsp3) is 0.500. The summed E-state index contributed by atoms with van der Waals surface area (Å²) in [5, 5.41) is 2.27. The summed E-state index contributed by atoms with van der Waals surface area (Å²) >= 11 is 0. The maximum Gasteiger partial charge on any atom is 0.257 e. The van der Waals surface area contributed by atoms with Gasteiger partial charge in [0.05, 0.1) is 6.61 Å². The van der Waals surface area contributed by atoms with Crippen LogP contribution < -0.4 is 20.7 Å². The van der Waals surface area contributed by atoms with Crippen molar-refractivity contribution in [1.82, 2.24) is 15.3 Å². The highest BCUT2D eigenvalue weighted by Gasteiger charge is 2.21. The Labute approximate surface area is 197 Å². The van der Waals surface area contributed by atoms with Crippen LogP contribution in [0, 0.1) is 17.6 Å². The number of rotatable bonds is 11. The summed E-state index contributed by atoms with van der Waals surface area (Å²) in [6, 6.07) is 1.99. The van der Waals surface area contributed by atoms with E-state index in [0.29, 0.717) is 12.5 Å². The summed E-state index contributed by atoms with van der Waals surface area (Å²) in [7, 11) is 0. The molecule has 3 N–H and O–H groups in total. The number of carbonyl (C=O) groups is 2. The van der Waals surface area contributed by atoms with Crippen molar-refractivity contribution in [3.05, 3.63) is 47.3 Å². The van der Waals surface area contributed by atoms with Crippen LogP contribution in [0.3, 0.4) is 0 Å². The number of piperidine rings is 1. The quantitative estimate of drug-likeness (QED) is 0.484. The van der Waals surface area contributed by atoms with Crippen LogP contribution in [0.5, 0.6) is 5.75 Å². The number of anilines is 1. The number of carbonyl (C=O) groups excluding carboxylic acids is 2. The number of nitrogens with one attached hydrogen (secondary N) is 1. The molecular weight excluding hydrogens is 444 g/mol. The summed E-state index contributed by atoms with van der Waals surface area (Å²) in [5.74, 6) is -2.25. The van der Waals surface area contributed by atoms with E-state index in [9.17, 15) is 18.4 Å². The van der Waals surface area contributed by atoms with Crippen molar-refractivity contribution in [2.45, 2.75) is 45.4 Å². The van der Waals surface area contributed by atoms with Gasteiger partial charge < -0.3 is 20.7 Å². The minimum atomic E-state index is -1.02. The average molecular weight is 476 g/mol. The molecule has 0 spiro atoms. The highest BCUT2D eigenvalue weighted by atomic mass is 19.1. The molecule has 1 aromatic heterocycles. The third-order valence-corrected chi connectivity index (χ3v) is 5.92. The van der Waals surface area contributed by atoms with Gasteiger partial charge in [-0.3, -0.25) is 9.59 Å². The van der Waals surface area contributed by atoms with E-state index in [0.717, 1.165) is 68.8 Å². The molecule has 2 amide bonds. The first-order valence-corrected chi connectivity index (χ1v) is 11.6. The second-order valence-corrected chi connectivity index (χ2v) is 8.40. The fourth-order valence-electron chi connectivity index (χ4n) is 3.92. The number of nitrogens with two attached hydrogens (primary N) is 1. The topological polar surface area (TPSA) is 110 Å². The van der Waals surface area contributed by atoms with Gasteiger partial charge in [-0.1, -0.05) is 6.92 Å². The van der Waals surface area contributed by atoms with Crippen molar-refractivity contribution in [2.24, 2.45) is 11.7 Å². The molecule has 10 heteroatoms. The van der Waals surface area contributed by atoms with Gasteiger partial charge in [-0.15, -0.1) is 0 Å². The predicted octanol–water partition coefficient (Wildman–Crippen LogP) is 3.00. The summed E-state index contributed by atoms with van der Waals surface area (Å²) in [6.45, 7) is 4.10. The molecule has 1 aliphatic heterocycles. The molecule has 0 saturated carbocycles. The number of hydrogen-bond donors (Lipinski definition) is 2. The van der Waals surface area contributed by atoms with Crippen LogP contribution >= 0.6 is 0 Å². The first-order chi connectivity index (χ1) is 16.4. The van der Waals surface area contributed by atoms with Gasteiger partial charge in [-0.25, -0.2) is 18.7 Å². The third-order valence-electron chi connectivity index (χ3n) is 5.92. The standard InChI is InChI=1S/C24H31F2N5O3/c1-2-16-14-29-24(30-15-16)31-9-6-17(7-10-31)4-3-11-34-18-12-19(25)22(20(26)13-18)23(33)28-8-5-21(27)32/h12-15,17H,2-11H2,1H3,(H2,27,32)(H,28,33). The van der Waals surface area contributed by atoms with E-state index in [-0.39, 0.29) is 18.7 Å². The number of aromatic nitrogens is 2. The number of hydrogen-bond acceptors (Lipinski definition) is 6. The minimum Gasteiger partial charge on any atom is -0.493 e. The van der Waals surface area contributed by atoms with Crippen LogP contribution in [0.2, 0.25) is 0 Å². The largest absolute Gasteiger partial charge is 0.493 e. The van der Waals surface area contributed by atoms with E-state index < -0.39 is 29.0 Å². The fourth-order valence-corrected chi connectivity index (χ4v) is 3.92. The van der Waals surface area contributed by atoms with Crippen LogP contribution in [0.1, 0.15) is 54.9 Å². The first kappa shape index (κ1) is 25.3. The maximum atomic E-state index is 14.3. The van der Waals surface area contributed by atoms with Crippen LogP contribution in [-0.2, 0) is 11.2 Å². The second kappa shape index (κ2) is 12.2. The molecule has 34 heavy (non-hydrogen) atoms. The van der Waals surface area contributed by atoms with Crippen LogP contribution in [-0.4, -0.2) is 48.0 Å². The molecule has 1 saturated heterocycles. The first-order valence-electron chi connectivity index (χ1n) is 11.6. The number of nitrogens with zero attached hydrogens (tertiary/aromatic N) is 3. The number of primary amides is 1. The lowest BCUT2D eigenvalue weighted by Gasteiger charge is -2.32. The normalized spacial score (nSPS) is 14.1. The summed E-state index contributed by atoms with van der Waals surface area (Å²) in [6.07, 6.45) is 8.32. The average Bonchev–Trinajstić information content (AvgIpc) is 2.82. The highest BCUT2D eigenvalue weighted by Crippen LogP contribution is 2.25. The lowest BCUT2D eigenvalue weighted by atomic mass is 9.92. The molecule has 3 rings (SSSR count). The predicted molar refractivity (Wildman–Crippen MR) is 124 cm³/mol. The summed E-state index contributed by atoms with van der Waals surface area (Å²) < 4.78 is 34.1. The Kier molecular flexibility index (Phi) is 9.12. The third kappa shape index (κ3) is 7.10. The molecule has 8 nitrogen and oxygen atoms in total. The molecule has 0 bridgehead atoms. The van der Waals surface area contributed by atoms with Crippen LogP contribution in [0.4, 0.5) is 14.7 Å². The highest BCUT2D eigenvalue weighted by molar-refractivity contribution is 5.95. The lowest BCUT2D eigenvalue weighted by molar-refractivity contribution is -0.117. The van der Waals surface area contributed by atoms with E-state index in [1.165, 1.54) is 0 Å². The molecule has 0 radical (unpaired) electrons. The monoisotopic (exact) mass is 475 g/mol. The Bertz CT molecular complexity index is 956. The summed E-state index contributed by atoms with van der Waals surface area (Å²) in [5.41, 5.74) is 5.39. The van der Waals surface area contributed by atoms with Gasteiger partial charge in [0.1, 0.15) is 22.9 Å². The van der Waals surface area contributed by atoms with Crippen LogP contribution in [0.25, 0.3) is 0 Å². The second-order valence-electron chi connectivity index (χ2n) is 8.40. The van der Waals surface area contributed by atoms with E-state index >= 15 is 0 Å². The van der Waals surface area contributed by atoms with E-state index in [4.69, 9.17) is 10.5 Å². The lowest BCUT2D eigenvalue weighted by Crippen LogP contribution is -2.35. The van der Waals surface area contributed by atoms with Gasteiger partial charge >= 0.3 is 0 Å². The maximum absolute atomic E-state index is 14.3. The molecule has 1 aromatic carbocycles. The Morgan fingerprint density at radius 1 is 1.18 bits per heavy atom. The van der Waals surface area contributed by atoms with E-state index in [2.05, 4.69) is 27.1 Å². The van der Waals surface area contributed by atoms with Gasteiger partial charge in [0, 0.05) is 50.6 Å². The molecule has 2 aromatic rings. The zero-order valence-electron chi connectivity index (χ0n) is 19.4. The van der Waals surface area contributed by atoms with Crippen molar-refractivity contribution >= 4 is 17.8 Å². The van der Waals surface area contributed by atoms with Crippen LogP contribution in [0.15, 0.2) is 24.5 Å². The number of ether oxygens (including phenoxy) is 1. The Balaban J connectivity index is 1.40. The van der Waals surface area contributed by atoms with Gasteiger partial charge in [0.15, 0.2) is 0 Å². The van der Waals surface area contributed by atoms with E-state index in [1.54, 1.807) is 0 Å². The number of aryl methyl sites for hydroxylation is 1. The van der Waals surface area contributed by atoms with E-state index in [1.807, 2.05) is 12.4 Å². The molecule has 1 fully saturated rings. The van der Waals surface area contributed by atoms with Crippen molar-refractivity contribution in [3.63, 3.8) is 0 Å². The van der Waals surface area contributed by atoms with Crippen molar-refractivity contribution in [2.75, 3.05) is 31.1 Å². The van der Waals surface area contributed by atoms with Crippen molar-refractivity contribution in [3.8, 4) is 5.75 Å². The smallest absolute Gasteiger partial charge is 0.257 e. The van der Waals surface area contributed by atoms with Gasteiger partial charge in [0.2, 0.25) is 11.9 Å². The van der Waals surface area contributed by atoms with Crippen molar-refractivity contribution in [1.29, 1.82) is 0 Å². The zero-order valence-corrected chi connectivity index (χ0v) is 19.4. The Morgan fingerprint density at radius 2 is 1.82 bits per heavy atom. The molecule has 184 valence electrons. The van der Waals surface area contributed by atoms with Gasteiger partial charge in [-0.2, -0.15) is 0 Å². The minimum absolute atomic E-state index is 0.0335. The van der Waals surface area contributed by atoms with Gasteiger partial charge in [0.25, 0.3) is 5.91 Å². The van der Waals surface area contributed by atoms with Crippen molar-refractivity contribution < 1.29 is 23.1 Å². The van der Waals surface area contributed by atoms with Gasteiger partial charge in [-0.05, 0) is 43.6 Å². The molecule has 0 aliphatic carbocycles. The zero-order chi connectivity index (χ0) is 24.5. The molecule has 0 unspecified atom stereocenters. The molecule has 0 atom stereocenters.